The Morgan fingerprint density at radius 3 is 2.48 bits per heavy atom. The molecule has 4 rings (SSSR count). The van der Waals surface area contributed by atoms with E-state index in [2.05, 4.69) is 4.98 Å². The van der Waals surface area contributed by atoms with E-state index >= 15 is 0 Å². The van der Waals surface area contributed by atoms with Crippen LogP contribution in [0, 0.1) is 10.1 Å². The maximum atomic E-state index is 11.3. The molecule has 1 heterocycles. The van der Waals surface area contributed by atoms with E-state index in [-0.39, 0.29) is 10.6 Å². The molecule has 0 spiro atoms. The fraction of sp³-hybridized carbons (Fsp3) is 0. The summed E-state index contributed by atoms with van der Waals surface area (Å²) < 4.78 is 0. The third kappa shape index (κ3) is 1.73. The highest BCUT2D eigenvalue weighted by atomic mass is 16.6. The Labute approximate surface area is 119 Å². The Bertz CT molecular complexity index is 1020. The summed E-state index contributed by atoms with van der Waals surface area (Å²) in [5, 5.41) is 14.7. The Kier molecular flexibility index (Phi) is 2.38. The Balaban J connectivity index is 2.26. The molecule has 0 aliphatic heterocycles. The summed E-state index contributed by atoms with van der Waals surface area (Å²) in [6.45, 7) is 0. The molecule has 0 saturated heterocycles. The van der Waals surface area contributed by atoms with Crippen LogP contribution in [0.5, 0.6) is 0 Å². The van der Waals surface area contributed by atoms with Gasteiger partial charge in [-0.25, -0.2) is 4.98 Å². The fourth-order valence-electron chi connectivity index (χ4n) is 2.75. The van der Waals surface area contributed by atoms with Gasteiger partial charge in [0.25, 0.3) is 5.69 Å². The lowest BCUT2D eigenvalue weighted by Gasteiger charge is -2.06. The summed E-state index contributed by atoms with van der Waals surface area (Å²) in [6, 6.07) is 18.8. The third-order valence-electron chi connectivity index (χ3n) is 3.70. The van der Waals surface area contributed by atoms with Crippen molar-refractivity contribution in [1.29, 1.82) is 0 Å². The molecule has 1 aromatic heterocycles. The van der Waals surface area contributed by atoms with E-state index in [0.29, 0.717) is 10.9 Å². The topological polar surface area (TPSA) is 56.0 Å². The van der Waals surface area contributed by atoms with Crippen molar-refractivity contribution >= 4 is 38.3 Å². The van der Waals surface area contributed by atoms with Gasteiger partial charge >= 0.3 is 0 Å². The highest BCUT2D eigenvalue weighted by Crippen LogP contribution is 2.32. The molecular formula is C17H10N2O2. The van der Waals surface area contributed by atoms with Gasteiger partial charge in [-0.15, -0.1) is 0 Å². The van der Waals surface area contributed by atoms with E-state index in [1.54, 1.807) is 6.07 Å². The molecule has 0 atom stereocenters. The zero-order valence-corrected chi connectivity index (χ0v) is 11.0. The van der Waals surface area contributed by atoms with Crippen LogP contribution >= 0.6 is 0 Å². The van der Waals surface area contributed by atoms with Crippen LogP contribution < -0.4 is 0 Å². The van der Waals surface area contributed by atoms with Gasteiger partial charge < -0.3 is 0 Å². The maximum Gasteiger partial charge on any atom is 0.279 e. The molecule has 0 unspecified atom stereocenters. The van der Waals surface area contributed by atoms with Gasteiger partial charge in [-0.2, -0.15) is 0 Å². The number of para-hydroxylation sites is 1. The predicted octanol–water partition coefficient (Wildman–Crippen LogP) is 4.45. The molecule has 0 N–H and O–H groups in total. The second-order valence-electron chi connectivity index (χ2n) is 4.95. The minimum absolute atomic E-state index is 0.0980. The van der Waals surface area contributed by atoms with Gasteiger partial charge in [0, 0.05) is 16.8 Å². The molecule has 0 saturated carbocycles. The zero-order valence-electron chi connectivity index (χ0n) is 11.0. The minimum atomic E-state index is -0.349. The van der Waals surface area contributed by atoms with Crippen LogP contribution in [0.2, 0.25) is 0 Å². The number of nitro groups is 1. The van der Waals surface area contributed by atoms with Gasteiger partial charge in [0.05, 0.1) is 21.3 Å². The zero-order chi connectivity index (χ0) is 14.4. The summed E-state index contributed by atoms with van der Waals surface area (Å²) in [5.41, 5.74) is 1.62. The summed E-state index contributed by atoms with van der Waals surface area (Å²) in [5.74, 6) is 0. The first kappa shape index (κ1) is 11.8. The van der Waals surface area contributed by atoms with E-state index < -0.39 is 0 Å². The number of pyridine rings is 1. The molecule has 0 amide bonds. The van der Waals surface area contributed by atoms with Gasteiger partial charge in [-0.05, 0) is 17.5 Å². The molecular weight excluding hydrogens is 264 g/mol. The number of hydrogen-bond acceptors (Lipinski definition) is 3. The molecule has 0 radical (unpaired) electrons. The van der Waals surface area contributed by atoms with Crippen molar-refractivity contribution in [2.45, 2.75) is 0 Å². The number of aromatic nitrogens is 1. The number of non-ortho nitro benzene ring substituents is 1. The van der Waals surface area contributed by atoms with Gasteiger partial charge in [-0.3, -0.25) is 10.1 Å². The van der Waals surface area contributed by atoms with Crippen molar-refractivity contribution in [2.24, 2.45) is 0 Å². The smallest absolute Gasteiger partial charge is 0.258 e. The van der Waals surface area contributed by atoms with E-state index in [9.17, 15) is 10.1 Å². The lowest BCUT2D eigenvalue weighted by molar-refractivity contribution is -0.383. The normalized spacial score (nSPS) is 11.2. The molecule has 0 aliphatic rings. The van der Waals surface area contributed by atoms with Crippen molar-refractivity contribution in [3.63, 3.8) is 0 Å². The standard InChI is InChI=1S/C17H10N2O2/c20-19(21)15-7-3-5-11-8-9-13-10-12-4-1-2-6-14(12)18-17(13)16(11)15/h1-10H. The van der Waals surface area contributed by atoms with Crippen molar-refractivity contribution in [1.82, 2.24) is 4.98 Å². The molecule has 100 valence electrons. The van der Waals surface area contributed by atoms with Crippen LogP contribution in [0.1, 0.15) is 0 Å². The molecule has 3 aromatic carbocycles. The maximum absolute atomic E-state index is 11.3. The van der Waals surface area contributed by atoms with Crippen molar-refractivity contribution < 1.29 is 4.92 Å². The molecule has 4 aromatic rings. The van der Waals surface area contributed by atoms with Crippen LogP contribution in [0.3, 0.4) is 0 Å². The van der Waals surface area contributed by atoms with Crippen LogP contribution in [0.25, 0.3) is 32.6 Å². The quantitative estimate of drug-likeness (QED) is 0.223. The molecule has 4 nitrogen and oxygen atoms in total. The Morgan fingerprint density at radius 2 is 1.62 bits per heavy atom. The van der Waals surface area contributed by atoms with Crippen molar-refractivity contribution in [2.75, 3.05) is 0 Å². The van der Waals surface area contributed by atoms with E-state index in [1.807, 2.05) is 48.5 Å². The first-order valence-corrected chi connectivity index (χ1v) is 6.60. The number of rotatable bonds is 1. The summed E-state index contributed by atoms with van der Waals surface area (Å²) in [4.78, 5) is 15.6. The minimum Gasteiger partial charge on any atom is -0.258 e. The first-order chi connectivity index (χ1) is 10.2. The van der Waals surface area contributed by atoms with Crippen LogP contribution in [0.15, 0.2) is 60.7 Å². The molecule has 0 aliphatic carbocycles. The van der Waals surface area contributed by atoms with Crippen molar-refractivity contribution in [3.05, 3.63) is 70.8 Å². The second-order valence-corrected chi connectivity index (χ2v) is 4.95. The number of nitrogens with zero attached hydrogens (tertiary/aromatic N) is 2. The van der Waals surface area contributed by atoms with Gasteiger partial charge in [0.15, 0.2) is 0 Å². The molecule has 4 heteroatoms. The second kappa shape index (κ2) is 4.24. The van der Waals surface area contributed by atoms with Gasteiger partial charge in [0.1, 0.15) is 0 Å². The molecule has 21 heavy (non-hydrogen) atoms. The third-order valence-corrected chi connectivity index (χ3v) is 3.70. The number of fused-ring (bicyclic) bond motifs is 4. The van der Waals surface area contributed by atoms with Crippen LogP contribution in [0.4, 0.5) is 5.69 Å². The van der Waals surface area contributed by atoms with E-state index in [4.69, 9.17) is 0 Å². The fourth-order valence-corrected chi connectivity index (χ4v) is 2.75. The lowest BCUT2D eigenvalue weighted by atomic mass is 10.0. The number of hydrogen-bond donors (Lipinski definition) is 0. The van der Waals surface area contributed by atoms with E-state index in [0.717, 1.165) is 21.7 Å². The lowest BCUT2D eigenvalue weighted by Crippen LogP contribution is -1.92. The van der Waals surface area contributed by atoms with Gasteiger partial charge in [0.2, 0.25) is 0 Å². The van der Waals surface area contributed by atoms with Crippen LogP contribution in [-0.4, -0.2) is 9.91 Å². The van der Waals surface area contributed by atoms with E-state index in [1.165, 1.54) is 6.07 Å². The molecule has 0 fully saturated rings. The van der Waals surface area contributed by atoms with Crippen molar-refractivity contribution in [3.8, 4) is 0 Å². The number of nitro benzene ring substituents is 1. The SMILES string of the molecule is O=[N+]([O-])c1cccc2ccc3cc4ccccc4nc3c12. The highest BCUT2D eigenvalue weighted by Gasteiger charge is 2.15. The molecule has 0 bridgehead atoms. The van der Waals surface area contributed by atoms with Gasteiger partial charge in [-0.1, -0.05) is 42.5 Å². The average Bonchev–Trinajstić information content (AvgIpc) is 2.52. The summed E-state index contributed by atoms with van der Waals surface area (Å²) in [7, 11) is 0. The first-order valence-electron chi connectivity index (χ1n) is 6.60. The summed E-state index contributed by atoms with van der Waals surface area (Å²) >= 11 is 0. The monoisotopic (exact) mass is 274 g/mol. The highest BCUT2D eigenvalue weighted by molar-refractivity contribution is 6.12. The summed E-state index contributed by atoms with van der Waals surface area (Å²) in [6.07, 6.45) is 0. The van der Waals surface area contributed by atoms with Crippen LogP contribution in [-0.2, 0) is 0 Å². The predicted molar refractivity (Wildman–Crippen MR) is 83.4 cm³/mol. The Morgan fingerprint density at radius 1 is 0.857 bits per heavy atom. The largest absolute Gasteiger partial charge is 0.279 e. The average molecular weight is 274 g/mol. The Hall–Kier alpha value is -3.01. The number of benzene rings is 3.